The van der Waals surface area contributed by atoms with Crippen molar-refractivity contribution in [2.24, 2.45) is 4.99 Å². The number of amides is 2. The summed E-state index contributed by atoms with van der Waals surface area (Å²) in [4.78, 5) is 34.4. The maximum atomic E-state index is 13.5. The summed E-state index contributed by atoms with van der Waals surface area (Å²) >= 11 is 1.30. The van der Waals surface area contributed by atoms with Crippen LogP contribution in [0, 0.1) is 0 Å². The average Bonchev–Trinajstić information content (AvgIpc) is 3.28. The van der Waals surface area contributed by atoms with Gasteiger partial charge in [0.1, 0.15) is 11.6 Å². The van der Waals surface area contributed by atoms with Crippen molar-refractivity contribution in [1.82, 2.24) is 5.32 Å². The van der Waals surface area contributed by atoms with E-state index in [0.717, 1.165) is 16.9 Å². The van der Waals surface area contributed by atoms with Crippen molar-refractivity contribution in [3.05, 3.63) is 60.2 Å². The average molecular weight is 559 g/mol. The smallest absolute Gasteiger partial charge is 0.408 e. The lowest BCUT2D eigenvalue weighted by Gasteiger charge is -2.26. The molecule has 0 aromatic heterocycles. The molecule has 0 radical (unpaired) electrons. The Kier molecular flexibility index (Phi) is 8.08. The molecule has 0 spiro atoms. The molecule has 0 aliphatic carbocycles. The zero-order valence-corrected chi connectivity index (χ0v) is 23.9. The normalized spacial score (nSPS) is 22.1. The molecule has 2 aliphatic rings. The molecule has 2 saturated heterocycles. The molecule has 0 unspecified atom stereocenters. The molecular formula is C27H34N4O5S2. The van der Waals surface area contributed by atoms with E-state index in [1.54, 1.807) is 20.8 Å². The van der Waals surface area contributed by atoms with Crippen molar-refractivity contribution in [2.45, 2.75) is 50.1 Å². The molecule has 9 nitrogen and oxygen atoms in total. The van der Waals surface area contributed by atoms with Crippen LogP contribution in [0.15, 0.2) is 59.6 Å². The number of hydrogen-bond donors (Lipinski definition) is 1. The number of aliphatic imine (C=N–C) groups is 1. The topological polar surface area (TPSA) is 108 Å². The summed E-state index contributed by atoms with van der Waals surface area (Å²) in [6.07, 6.45) is -0.468. The third kappa shape index (κ3) is 6.87. The number of hydrogen-bond acceptors (Lipinski definition) is 7. The Morgan fingerprint density at radius 3 is 2.37 bits per heavy atom. The lowest BCUT2D eigenvalue weighted by atomic mass is 10.1. The van der Waals surface area contributed by atoms with Gasteiger partial charge < -0.3 is 19.9 Å². The molecule has 2 aliphatic heterocycles. The van der Waals surface area contributed by atoms with E-state index in [1.165, 1.54) is 11.8 Å². The number of anilines is 2. The van der Waals surface area contributed by atoms with Crippen molar-refractivity contribution >= 4 is 50.1 Å². The Labute approximate surface area is 228 Å². The second-order valence-electron chi connectivity index (χ2n) is 10.7. The fourth-order valence-corrected chi connectivity index (χ4v) is 8.37. The highest BCUT2D eigenvalue weighted by atomic mass is 32.2. The molecule has 2 aromatic rings. The number of sulfone groups is 1. The minimum absolute atomic E-state index is 0.00306. The number of rotatable bonds is 6. The Morgan fingerprint density at radius 2 is 1.76 bits per heavy atom. The highest BCUT2D eigenvalue weighted by molar-refractivity contribution is 8.16. The second kappa shape index (κ2) is 11.0. The number of nitrogens with zero attached hydrogens (tertiary/aromatic N) is 3. The van der Waals surface area contributed by atoms with Gasteiger partial charge in [-0.15, -0.1) is 0 Å². The van der Waals surface area contributed by atoms with Gasteiger partial charge in [0.15, 0.2) is 15.0 Å². The first-order valence-electron chi connectivity index (χ1n) is 12.4. The lowest BCUT2D eigenvalue weighted by Crippen LogP contribution is -2.45. The van der Waals surface area contributed by atoms with Crippen LogP contribution in [0.1, 0.15) is 26.3 Å². The van der Waals surface area contributed by atoms with Crippen LogP contribution in [0.3, 0.4) is 0 Å². The number of carbonyl (C=O) groups is 2. The Bertz CT molecular complexity index is 1310. The van der Waals surface area contributed by atoms with Crippen LogP contribution in [0.5, 0.6) is 0 Å². The number of alkyl carbamates (subject to hydrolysis) is 1. The summed E-state index contributed by atoms with van der Waals surface area (Å²) in [5, 5.41) is 2.89. The fourth-order valence-electron chi connectivity index (χ4n) is 4.45. The predicted octanol–water partition coefficient (Wildman–Crippen LogP) is 3.49. The first-order chi connectivity index (χ1) is 17.8. The fraction of sp³-hybridized carbons (Fsp3) is 0.444. The van der Waals surface area contributed by atoms with Crippen LogP contribution < -0.4 is 15.1 Å². The van der Waals surface area contributed by atoms with Crippen molar-refractivity contribution in [1.29, 1.82) is 0 Å². The Balaban J connectivity index is 1.65. The number of thioether (sulfide) groups is 1. The van der Waals surface area contributed by atoms with Gasteiger partial charge in [0, 0.05) is 37.1 Å². The first-order valence-corrected chi connectivity index (χ1v) is 15.1. The van der Waals surface area contributed by atoms with Gasteiger partial charge in [-0.3, -0.25) is 4.79 Å². The van der Waals surface area contributed by atoms with E-state index < -0.39 is 33.5 Å². The highest BCUT2D eigenvalue weighted by Crippen LogP contribution is 2.41. The Hall–Kier alpha value is -3.05. The summed E-state index contributed by atoms with van der Waals surface area (Å²) in [5.41, 5.74) is 1.89. The van der Waals surface area contributed by atoms with Gasteiger partial charge in [-0.1, -0.05) is 42.1 Å². The monoisotopic (exact) mass is 558 g/mol. The van der Waals surface area contributed by atoms with E-state index in [2.05, 4.69) is 10.3 Å². The molecule has 4 rings (SSSR count). The molecular weight excluding hydrogens is 524 g/mol. The first kappa shape index (κ1) is 28.0. The summed E-state index contributed by atoms with van der Waals surface area (Å²) in [5.74, 6) is -0.498. The van der Waals surface area contributed by atoms with E-state index >= 15 is 0 Å². The minimum atomic E-state index is -3.19. The van der Waals surface area contributed by atoms with Crippen molar-refractivity contribution in [3.63, 3.8) is 0 Å². The molecule has 3 atom stereocenters. The maximum Gasteiger partial charge on any atom is 0.408 e. The number of benzene rings is 2. The number of fused-ring (bicyclic) bond motifs is 1. The molecule has 2 amide bonds. The van der Waals surface area contributed by atoms with E-state index in [4.69, 9.17) is 4.74 Å². The van der Waals surface area contributed by atoms with Crippen LogP contribution in [-0.4, -0.2) is 74.1 Å². The standard InChI is InChI=1S/C27H34N4O5S2/c1-27(2,3)36-26(33)28-21(15-18-9-7-6-8-10-18)24(32)29-25-31(20-13-11-19(12-14-20)30(4)5)22-16-38(34,35)17-23(22)37-25/h6-14,21-23H,15-17H2,1-5H3,(H,28,33)/t21-,22-,23-/m0/s1. The zero-order valence-electron chi connectivity index (χ0n) is 22.2. The largest absolute Gasteiger partial charge is 0.444 e. The molecule has 0 bridgehead atoms. The summed E-state index contributed by atoms with van der Waals surface area (Å²) in [7, 11) is 0.687. The van der Waals surface area contributed by atoms with Crippen LogP contribution in [0.4, 0.5) is 16.2 Å². The van der Waals surface area contributed by atoms with E-state index in [1.807, 2.05) is 78.5 Å². The summed E-state index contributed by atoms with van der Waals surface area (Å²) in [6, 6.07) is 15.8. The van der Waals surface area contributed by atoms with Crippen molar-refractivity contribution in [2.75, 3.05) is 35.4 Å². The summed E-state index contributed by atoms with van der Waals surface area (Å²) < 4.78 is 30.2. The van der Waals surface area contributed by atoms with E-state index in [9.17, 15) is 18.0 Å². The molecule has 2 heterocycles. The van der Waals surface area contributed by atoms with E-state index in [0.29, 0.717) is 5.17 Å². The minimum Gasteiger partial charge on any atom is -0.444 e. The molecule has 0 saturated carbocycles. The lowest BCUT2D eigenvalue weighted by molar-refractivity contribution is -0.119. The van der Waals surface area contributed by atoms with Gasteiger partial charge in [0.05, 0.1) is 17.5 Å². The quantitative estimate of drug-likeness (QED) is 0.574. The number of carbonyl (C=O) groups excluding carboxylic acids is 2. The van der Waals surface area contributed by atoms with Gasteiger partial charge in [-0.05, 0) is 50.6 Å². The molecule has 204 valence electrons. The molecule has 1 N–H and O–H groups in total. The predicted molar refractivity (Wildman–Crippen MR) is 153 cm³/mol. The summed E-state index contributed by atoms with van der Waals surface area (Å²) in [6.45, 7) is 5.26. The van der Waals surface area contributed by atoms with Crippen LogP contribution in [0.25, 0.3) is 0 Å². The van der Waals surface area contributed by atoms with Crippen LogP contribution in [-0.2, 0) is 25.8 Å². The molecule has 38 heavy (non-hydrogen) atoms. The van der Waals surface area contributed by atoms with Crippen LogP contribution >= 0.6 is 11.8 Å². The molecule has 2 aromatic carbocycles. The van der Waals surface area contributed by atoms with Gasteiger partial charge in [0.25, 0.3) is 5.91 Å². The number of amidine groups is 1. The molecule has 2 fully saturated rings. The Morgan fingerprint density at radius 1 is 1.11 bits per heavy atom. The van der Waals surface area contributed by atoms with Gasteiger partial charge in [-0.25, -0.2) is 13.2 Å². The second-order valence-corrected chi connectivity index (χ2v) is 14.1. The highest BCUT2D eigenvalue weighted by Gasteiger charge is 2.49. The zero-order chi connectivity index (χ0) is 27.7. The number of nitrogens with one attached hydrogen (secondary N) is 1. The maximum absolute atomic E-state index is 13.5. The third-order valence-electron chi connectivity index (χ3n) is 6.19. The SMILES string of the molecule is CN(C)c1ccc(N2C(=NC(=O)[C@H](Cc3ccccc3)NC(=O)OC(C)(C)C)S[C@H]3CS(=O)(=O)C[C@@H]32)cc1. The van der Waals surface area contributed by atoms with Gasteiger partial charge >= 0.3 is 6.09 Å². The van der Waals surface area contributed by atoms with Gasteiger partial charge in [0.2, 0.25) is 0 Å². The van der Waals surface area contributed by atoms with Crippen molar-refractivity contribution in [3.8, 4) is 0 Å². The number of ether oxygens (including phenoxy) is 1. The van der Waals surface area contributed by atoms with Crippen molar-refractivity contribution < 1.29 is 22.7 Å². The van der Waals surface area contributed by atoms with Gasteiger partial charge in [-0.2, -0.15) is 4.99 Å². The van der Waals surface area contributed by atoms with E-state index in [-0.39, 0.29) is 29.2 Å². The third-order valence-corrected chi connectivity index (χ3v) is 9.40. The molecule has 11 heteroatoms. The van der Waals surface area contributed by atoms with Crippen LogP contribution in [0.2, 0.25) is 0 Å².